The zero-order valence-corrected chi connectivity index (χ0v) is 11.1. The molecule has 1 fully saturated rings. The summed E-state index contributed by atoms with van der Waals surface area (Å²) in [5.74, 6) is 0.626. The summed E-state index contributed by atoms with van der Waals surface area (Å²) >= 11 is 7.71. The molecule has 1 heterocycles. The zero-order chi connectivity index (χ0) is 12.1. The minimum Gasteiger partial charge on any atom is -0.381 e. The smallest absolute Gasteiger partial charge is 0.174 e. The van der Waals surface area contributed by atoms with Gasteiger partial charge in [-0.15, -0.1) is 0 Å². The maximum absolute atomic E-state index is 12.0. The van der Waals surface area contributed by atoms with E-state index in [0.717, 1.165) is 26.1 Å². The van der Waals surface area contributed by atoms with Crippen LogP contribution in [0.25, 0.3) is 0 Å². The van der Waals surface area contributed by atoms with E-state index >= 15 is 0 Å². The first-order valence-electron chi connectivity index (χ1n) is 5.74. The Morgan fingerprint density at radius 1 is 1.35 bits per heavy atom. The van der Waals surface area contributed by atoms with E-state index in [1.54, 1.807) is 23.9 Å². The van der Waals surface area contributed by atoms with Gasteiger partial charge in [-0.3, -0.25) is 4.79 Å². The number of halogens is 1. The molecule has 0 N–H and O–H groups in total. The molecule has 0 spiro atoms. The quantitative estimate of drug-likeness (QED) is 0.784. The number of carbonyl (C=O) groups is 1. The molecule has 1 aliphatic heterocycles. The first-order chi connectivity index (χ1) is 8.27. The molecule has 4 heteroatoms. The average molecular weight is 271 g/mol. The van der Waals surface area contributed by atoms with E-state index < -0.39 is 0 Å². The fourth-order valence-corrected chi connectivity index (χ4v) is 3.11. The van der Waals surface area contributed by atoms with Crippen molar-refractivity contribution in [3.05, 3.63) is 34.9 Å². The molecular formula is C13H15ClO2S. The molecule has 1 saturated heterocycles. The molecule has 0 bridgehead atoms. The predicted octanol–water partition coefficient (Wildman–Crippen LogP) is 3.43. The number of thioether (sulfide) groups is 1. The Kier molecular flexibility index (Phi) is 4.89. The highest BCUT2D eigenvalue weighted by Gasteiger charge is 2.17. The lowest BCUT2D eigenvalue weighted by Gasteiger charge is -2.21. The van der Waals surface area contributed by atoms with Gasteiger partial charge in [-0.05, 0) is 25.0 Å². The van der Waals surface area contributed by atoms with Crippen molar-refractivity contribution in [3.8, 4) is 0 Å². The molecule has 1 aromatic carbocycles. The molecule has 92 valence electrons. The molecule has 1 aliphatic rings. The molecule has 0 amide bonds. The lowest BCUT2D eigenvalue weighted by molar-refractivity contribution is 0.0988. The van der Waals surface area contributed by atoms with Crippen molar-refractivity contribution in [2.75, 3.05) is 19.0 Å². The van der Waals surface area contributed by atoms with Crippen LogP contribution in [-0.4, -0.2) is 30.0 Å². The third kappa shape index (κ3) is 3.73. The van der Waals surface area contributed by atoms with Crippen molar-refractivity contribution < 1.29 is 9.53 Å². The van der Waals surface area contributed by atoms with Gasteiger partial charge < -0.3 is 4.74 Å². The maximum Gasteiger partial charge on any atom is 0.174 e. The Hall–Kier alpha value is -0.510. The molecule has 17 heavy (non-hydrogen) atoms. The second-order valence-electron chi connectivity index (χ2n) is 4.03. The molecular weight excluding hydrogens is 256 g/mol. The van der Waals surface area contributed by atoms with Gasteiger partial charge in [0.2, 0.25) is 0 Å². The lowest BCUT2D eigenvalue weighted by atomic mass is 10.1. The van der Waals surface area contributed by atoms with Crippen LogP contribution in [0, 0.1) is 0 Å². The third-order valence-corrected chi connectivity index (χ3v) is 4.49. The molecule has 1 aromatic rings. The number of hydrogen-bond acceptors (Lipinski definition) is 3. The van der Waals surface area contributed by atoms with Gasteiger partial charge in [0.1, 0.15) is 0 Å². The van der Waals surface area contributed by atoms with Crippen LogP contribution in [0.4, 0.5) is 0 Å². The molecule has 0 radical (unpaired) electrons. The number of rotatable bonds is 4. The van der Waals surface area contributed by atoms with Gasteiger partial charge in [0, 0.05) is 24.0 Å². The van der Waals surface area contributed by atoms with Gasteiger partial charge >= 0.3 is 0 Å². The Balaban J connectivity index is 1.87. The highest BCUT2D eigenvalue weighted by atomic mass is 35.5. The number of ketones is 1. The van der Waals surface area contributed by atoms with Crippen LogP contribution in [0.15, 0.2) is 24.3 Å². The van der Waals surface area contributed by atoms with Gasteiger partial charge in [-0.1, -0.05) is 23.7 Å². The Morgan fingerprint density at radius 3 is 2.76 bits per heavy atom. The largest absolute Gasteiger partial charge is 0.381 e. The number of ether oxygens (including phenoxy) is 1. The van der Waals surface area contributed by atoms with E-state index in [4.69, 9.17) is 16.3 Å². The van der Waals surface area contributed by atoms with E-state index in [1.807, 2.05) is 12.1 Å². The lowest BCUT2D eigenvalue weighted by Crippen LogP contribution is -2.19. The van der Waals surface area contributed by atoms with Crippen molar-refractivity contribution in [2.24, 2.45) is 0 Å². The number of hydrogen-bond donors (Lipinski definition) is 0. The summed E-state index contributed by atoms with van der Waals surface area (Å²) in [4.78, 5) is 12.0. The summed E-state index contributed by atoms with van der Waals surface area (Å²) in [5, 5.41) is 1.10. The normalized spacial score (nSPS) is 17.0. The van der Waals surface area contributed by atoms with Gasteiger partial charge in [0.25, 0.3) is 0 Å². The third-order valence-electron chi connectivity index (χ3n) is 2.79. The fourth-order valence-electron chi connectivity index (χ4n) is 1.80. The van der Waals surface area contributed by atoms with E-state index in [1.165, 1.54) is 0 Å². The zero-order valence-electron chi connectivity index (χ0n) is 9.52. The second-order valence-corrected chi connectivity index (χ2v) is 5.72. The SMILES string of the molecule is O=C(CSC1CCOCC1)c1ccccc1Cl. The average Bonchev–Trinajstić information content (AvgIpc) is 2.38. The van der Waals surface area contributed by atoms with Crippen molar-refractivity contribution in [1.29, 1.82) is 0 Å². The molecule has 2 rings (SSSR count). The van der Waals surface area contributed by atoms with E-state index in [9.17, 15) is 4.79 Å². The topological polar surface area (TPSA) is 26.3 Å². The summed E-state index contributed by atoms with van der Waals surface area (Å²) in [7, 11) is 0. The van der Waals surface area contributed by atoms with Crippen LogP contribution in [0.5, 0.6) is 0 Å². The minimum absolute atomic E-state index is 0.118. The van der Waals surface area contributed by atoms with Gasteiger partial charge in [0.05, 0.1) is 10.8 Å². The predicted molar refractivity (Wildman–Crippen MR) is 72.1 cm³/mol. The van der Waals surface area contributed by atoms with Crippen molar-refractivity contribution in [3.63, 3.8) is 0 Å². The number of Topliss-reactive ketones (excluding diaryl/α,β-unsaturated/α-hetero) is 1. The summed E-state index contributed by atoms with van der Waals surface area (Å²) in [6, 6.07) is 7.23. The van der Waals surface area contributed by atoms with E-state index in [2.05, 4.69) is 0 Å². The molecule has 2 nitrogen and oxygen atoms in total. The first kappa shape index (κ1) is 12.9. The standard InChI is InChI=1S/C13H15ClO2S/c14-12-4-2-1-3-11(12)13(15)9-17-10-5-7-16-8-6-10/h1-4,10H,5-9H2. The first-order valence-corrected chi connectivity index (χ1v) is 7.17. The van der Waals surface area contributed by atoms with Gasteiger partial charge in [0.15, 0.2) is 5.78 Å². The summed E-state index contributed by atoms with van der Waals surface area (Å²) < 4.78 is 5.29. The Labute approximate surface area is 111 Å². The highest BCUT2D eigenvalue weighted by Crippen LogP contribution is 2.24. The summed E-state index contributed by atoms with van der Waals surface area (Å²) in [6.45, 7) is 1.63. The Morgan fingerprint density at radius 2 is 2.06 bits per heavy atom. The van der Waals surface area contributed by atoms with Gasteiger partial charge in [-0.25, -0.2) is 0 Å². The molecule has 0 unspecified atom stereocenters. The van der Waals surface area contributed by atoms with Crippen LogP contribution in [0.2, 0.25) is 5.02 Å². The molecule has 0 atom stereocenters. The van der Waals surface area contributed by atoms with Crippen LogP contribution in [0.1, 0.15) is 23.2 Å². The summed E-state index contributed by atoms with van der Waals surface area (Å²) in [5.41, 5.74) is 0.633. The fraction of sp³-hybridized carbons (Fsp3) is 0.462. The van der Waals surface area contributed by atoms with Crippen LogP contribution in [-0.2, 0) is 4.74 Å². The Bertz CT molecular complexity index is 389. The van der Waals surface area contributed by atoms with Crippen molar-refractivity contribution in [1.82, 2.24) is 0 Å². The molecule has 0 aromatic heterocycles. The van der Waals surface area contributed by atoms with Crippen LogP contribution in [0.3, 0.4) is 0 Å². The van der Waals surface area contributed by atoms with Crippen LogP contribution < -0.4 is 0 Å². The van der Waals surface area contributed by atoms with Gasteiger partial charge in [-0.2, -0.15) is 11.8 Å². The minimum atomic E-state index is 0.118. The second kappa shape index (κ2) is 6.43. The van der Waals surface area contributed by atoms with Crippen LogP contribution >= 0.6 is 23.4 Å². The highest BCUT2D eigenvalue weighted by molar-refractivity contribution is 8.00. The molecule has 0 saturated carbocycles. The number of carbonyl (C=O) groups excluding carboxylic acids is 1. The van der Waals surface area contributed by atoms with E-state index in [-0.39, 0.29) is 5.78 Å². The monoisotopic (exact) mass is 270 g/mol. The molecule has 0 aliphatic carbocycles. The van der Waals surface area contributed by atoms with Crippen molar-refractivity contribution in [2.45, 2.75) is 18.1 Å². The van der Waals surface area contributed by atoms with Crippen molar-refractivity contribution >= 4 is 29.1 Å². The number of benzene rings is 1. The van der Waals surface area contributed by atoms with E-state index in [0.29, 0.717) is 21.6 Å². The maximum atomic E-state index is 12.0. The summed E-state index contributed by atoms with van der Waals surface area (Å²) in [6.07, 6.45) is 2.08.